The quantitative estimate of drug-likeness (QED) is 0.105. The molecule has 1 aromatic carbocycles. The zero-order valence-corrected chi connectivity index (χ0v) is 30.1. The lowest BCUT2D eigenvalue weighted by molar-refractivity contribution is -0.525. The number of hydrogen-bond acceptors (Lipinski definition) is 5. The summed E-state index contributed by atoms with van der Waals surface area (Å²) in [4.78, 5) is 30.1. The number of nitrogens with zero attached hydrogens (tertiary/aromatic N) is 1. The summed E-state index contributed by atoms with van der Waals surface area (Å²) >= 11 is 0. The molecule has 1 aliphatic carbocycles. The van der Waals surface area contributed by atoms with E-state index in [4.69, 9.17) is 5.73 Å². The number of aryl methyl sites for hydroxylation is 1. The average Bonchev–Trinajstić information content (AvgIpc) is 3.33. The lowest BCUT2D eigenvalue weighted by atomic mass is 9.84. The number of rotatable bonds is 9. The summed E-state index contributed by atoms with van der Waals surface area (Å²) in [7, 11) is 1.64. The number of likely N-dealkylation sites (N-methyl/N-ethyl adjacent to an activating group) is 1. The van der Waals surface area contributed by atoms with Crippen molar-refractivity contribution in [2.75, 3.05) is 20.1 Å². The topological polar surface area (TPSA) is 134 Å². The minimum atomic E-state index is -0.762. The van der Waals surface area contributed by atoms with Gasteiger partial charge in [-0.25, -0.2) is 0 Å². The predicted molar refractivity (Wildman–Crippen MR) is 194 cm³/mol. The fraction of sp³-hybridized carbons (Fsp3) is 0.553. The number of carbonyl (C=O) groups is 2. The van der Waals surface area contributed by atoms with E-state index in [0.29, 0.717) is 13.1 Å². The summed E-state index contributed by atoms with van der Waals surface area (Å²) in [5.41, 5.74) is 10.5. The van der Waals surface area contributed by atoms with Crippen LogP contribution in [0.3, 0.4) is 0 Å². The van der Waals surface area contributed by atoms with Crippen molar-refractivity contribution < 1.29 is 19.7 Å². The van der Waals surface area contributed by atoms with E-state index in [2.05, 4.69) is 45.4 Å². The maximum absolute atomic E-state index is 13.2. The maximum atomic E-state index is 13.2. The smallest absolute Gasteiger partial charge is 0.251 e. The van der Waals surface area contributed by atoms with E-state index in [1.54, 1.807) is 7.05 Å². The summed E-state index contributed by atoms with van der Waals surface area (Å²) in [5, 5.41) is 20.5. The predicted octanol–water partition coefficient (Wildman–Crippen LogP) is 3.40. The molecule has 2 heterocycles. The van der Waals surface area contributed by atoms with Crippen LogP contribution in [0.2, 0.25) is 0 Å². The highest BCUT2D eigenvalue weighted by atomic mass is 16.3. The Kier molecular flexibility index (Phi) is 16.0. The van der Waals surface area contributed by atoms with Crippen LogP contribution in [0.1, 0.15) is 102 Å². The van der Waals surface area contributed by atoms with E-state index in [1.807, 2.05) is 78.0 Å². The highest BCUT2D eigenvalue weighted by molar-refractivity contribution is 5.96. The monoisotopic (exact) mass is 649 g/mol. The summed E-state index contributed by atoms with van der Waals surface area (Å²) in [5.74, 6) is 1.35. The fourth-order valence-corrected chi connectivity index (χ4v) is 6.64. The Morgan fingerprint density at radius 2 is 1.94 bits per heavy atom. The van der Waals surface area contributed by atoms with Crippen molar-refractivity contribution in [2.24, 2.45) is 5.73 Å². The van der Waals surface area contributed by atoms with E-state index in [-0.39, 0.29) is 17.9 Å². The molecule has 0 saturated carbocycles. The van der Waals surface area contributed by atoms with Crippen molar-refractivity contribution in [2.45, 2.75) is 117 Å². The molecule has 0 radical (unpaired) electrons. The van der Waals surface area contributed by atoms with Crippen molar-refractivity contribution >= 4 is 17.6 Å². The average molecular weight is 650 g/mol. The van der Waals surface area contributed by atoms with Gasteiger partial charge in [0, 0.05) is 31.1 Å². The molecule has 0 spiro atoms. The standard InChI is InChI=1S/C24H35N5O2.C12H19NO.C2H6/c1-4-8-21(25)28-20-13-26-15(2)29-14-19(22(30)24(20,29)3)27-23(31)18-12-7-10-16-9-5-6-11-17(16)18;1-5-7-10(3)9-11(8-6-2)12(14)13-4;1-2/h7,10,12,19-20,22,26,30H,2,4-6,8-9,11,13-14H2,1,3H3,(H2,25,28)(H,27,31);5,7-9H,6H2,1-4H3,(H,13,14);1-2H3/p+1/b;7-5-,10-9-,11-8-;/t19-,20?,22?,24+;;/m1../s1. The van der Waals surface area contributed by atoms with Crippen LogP contribution in [0.4, 0.5) is 0 Å². The number of amidine groups is 1. The lowest BCUT2D eigenvalue weighted by Gasteiger charge is -2.46. The van der Waals surface area contributed by atoms with Gasteiger partial charge in [0.25, 0.3) is 11.8 Å². The van der Waals surface area contributed by atoms with Crippen LogP contribution in [-0.4, -0.2) is 71.5 Å². The molecule has 0 bridgehead atoms. The maximum Gasteiger partial charge on any atom is 0.251 e. The molecule has 9 nitrogen and oxygen atoms in total. The van der Waals surface area contributed by atoms with Crippen molar-refractivity contribution in [3.05, 3.63) is 82.7 Å². The van der Waals surface area contributed by atoms with E-state index >= 15 is 0 Å². The van der Waals surface area contributed by atoms with Crippen LogP contribution in [0.15, 0.2) is 66.0 Å². The molecule has 4 rings (SSSR count). The number of benzene rings is 1. The van der Waals surface area contributed by atoms with Crippen molar-refractivity contribution in [3.63, 3.8) is 0 Å². The Hall–Kier alpha value is -3.85. The molecule has 7 N–H and O–H groups in total. The Bertz CT molecular complexity index is 1350. The molecule has 9 heteroatoms. The van der Waals surface area contributed by atoms with E-state index in [1.165, 1.54) is 12.0 Å². The van der Waals surface area contributed by atoms with Gasteiger partial charge < -0.3 is 26.0 Å². The molecule has 260 valence electrons. The largest absolute Gasteiger partial charge is 0.388 e. The Balaban J connectivity index is 0.000000407. The number of aliphatic hydroxyl groups is 1. The highest BCUT2D eigenvalue weighted by Crippen LogP contribution is 2.36. The summed E-state index contributed by atoms with van der Waals surface area (Å²) in [6.07, 6.45) is 13.8. The van der Waals surface area contributed by atoms with Gasteiger partial charge in [0.1, 0.15) is 17.7 Å². The van der Waals surface area contributed by atoms with Crippen LogP contribution < -0.4 is 26.7 Å². The molecule has 1 aromatic rings. The normalized spacial score (nSPS) is 24.2. The first kappa shape index (κ1) is 39.3. The van der Waals surface area contributed by atoms with Crippen molar-refractivity contribution in [1.82, 2.24) is 20.9 Å². The molecule has 47 heavy (non-hydrogen) atoms. The number of nitrogens with one attached hydrogen (secondary N) is 4. The number of allylic oxidation sites excluding steroid dienone is 4. The van der Waals surface area contributed by atoms with Gasteiger partial charge in [-0.3, -0.25) is 20.3 Å². The van der Waals surface area contributed by atoms with E-state index < -0.39 is 17.7 Å². The minimum Gasteiger partial charge on any atom is -0.388 e. The second kappa shape index (κ2) is 19.1. The van der Waals surface area contributed by atoms with Crippen LogP contribution in [0.25, 0.3) is 0 Å². The molecular formula is C38H61N6O3+. The van der Waals surface area contributed by atoms with Gasteiger partial charge in [-0.05, 0) is 82.6 Å². The summed E-state index contributed by atoms with van der Waals surface area (Å²) < 4.78 is 0. The van der Waals surface area contributed by atoms with Gasteiger partial charge in [-0.1, -0.05) is 70.2 Å². The van der Waals surface area contributed by atoms with Gasteiger partial charge in [-0.2, -0.15) is 0 Å². The first-order valence-corrected chi connectivity index (χ1v) is 17.4. The van der Waals surface area contributed by atoms with Gasteiger partial charge in [0.15, 0.2) is 0 Å². The van der Waals surface area contributed by atoms with Gasteiger partial charge >= 0.3 is 0 Å². The molecule has 4 atom stereocenters. The second-order valence-electron chi connectivity index (χ2n) is 12.3. The van der Waals surface area contributed by atoms with Crippen LogP contribution in [0.5, 0.6) is 0 Å². The number of hydrogen-bond donors (Lipinski definition) is 6. The Morgan fingerprint density at radius 1 is 1.23 bits per heavy atom. The second-order valence-corrected chi connectivity index (χ2v) is 12.3. The fourth-order valence-electron chi connectivity index (χ4n) is 6.64. The van der Waals surface area contributed by atoms with Crippen LogP contribution in [-0.2, 0) is 17.6 Å². The SMILES string of the molecule is C=C1NCC([NH+]=C(N)CCC)[C@@]2(C)C(O)[C@H](NC(=O)c3cccc4c3CCCC4)CN12.CC.C\C=C/C(C)=C\C(=C\CC)C(=O)NC. The van der Waals surface area contributed by atoms with Gasteiger partial charge in [-0.15, -0.1) is 0 Å². The molecule has 3 aliphatic rings. The van der Waals surface area contributed by atoms with Crippen molar-refractivity contribution in [3.8, 4) is 0 Å². The minimum absolute atomic E-state index is 0.0318. The molecule has 2 fully saturated rings. The number of fused-ring (bicyclic) bond motifs is 2. The molecule has 2 saturated heterocycles. The van der Waals surface area contributed by atoms with Gasteiger partial charge in [0.2, 0.25) is 5.84 Å². The third-order valence-corrected chi connectivity index (χ3v) is 9.04. The molecule has 2 unspecified atom stereocenters. The highest BCUT2D eigenvalue weighted by Gasteiger charge is 2.58. The molecule has 2 amide bonds. The summed E-state index contributed by atoms with van der Waals surface area (Å²) in [6.45, 7) is 19.3. The third kappa shape index (κ3) is 9.83. The van der Waals surface area contributed by atoms with E-state index in [0.717, 1.165) is 72.5 Å². The van der Waals surface area contributed by atoms with Gasteiger partial charge in [0.05, 0.1) is 18.4 Å². The lowest BCUT2D eigenvalue weighted by Crippen LogP contribution is -2.92. The molecule has 0 aromatic heterocycles. The zero-order valence-electron chi connectivity index (χ0n) is 30.1. The third-order valence-electron chi connectivity index (χ3n) is 9.04. The Labute approximate surface area is 283 Å². The van der Waals surface area contributed by atoms with E-state index in [9.17, 15) is 14.7 Å². The number of carbonyl (C=O) groups excluding carboxylic acids is 2. The summed E-state index contributed by atoms with van der Waals surface area (Å²) in [6, 6.07) is 5.49. The first-order valence-electron chi connectivity index (χ1n) is 17.4. The number of aliphatic hydroxyl groups excluding tert-OH is 1. The van der Waals surface area contributed by atoms with Crippen LogP contribution >= 0.6 is 0 Å². The molecule has 2 aliphatic heterocycles. The number of amides is 2. The first-order chi connectivity index (χ1) is 22.5. The molecular weight excluding hydrogens is 588 g/mol. The zero-order chi connectivity index (χ0) is 35.1. The van der Waals surface area contributed by atoms with Crippen LogP contribution in [0, 0.1) is 0 Å². The van der Waals surface area contributed by atoms with Crippen molar-refractivity contribution in [1.29, 1.82) is 0 Å². The Morgan fingerprint density at radius 3 is 2.57 bits per heavy atom. The number of nitrogens with two attached hydrogens (primary N) is 1.